The highest BCUT2D eigenvalue weighted by molar-refractivity contribution is 7.98. The van der Waals surface area contributed by atoms with E-state index in [4.69, 9.17) is 9.47 Å². The minimum atomic E-state index is -0.524. The van der Waals surface area contributed by atoms with Gasteiger partial charge >= 0.3 is 6.09 Å². The molecule has 0 unspecified atom stereocenters. The van der Waals surface area contributed by atoms with Crippen LogP contribution in [0.3, 0.4) is 0 Å². The molecule has 10 heteroatoms. The lowest BCUT2D eigenvalue weighted by Gasteiger charge is -2.52. The van der Waals surface area contributed by atoms with Crippen molar-refractivity contribution in [3.05, 3.63) is 71.7 Å². The largest absolute Gasteiger partial charge is 0.437 e. The van der Waals surface area contributed by atoms with Gasteiger partial charge in [-0.1, -0.05) is 12.1 Å². The fraction of sp³-hybridized carbons (Fsp3) is 0.292. The van der Waals surface area contributed by atoms with Crippen LogP contribution in [0.5, 0.6) is 17.4 Å². The molecule has 2 aliphatic rings. The molecule has 0 saturated heterocycles. The zero-order chi connectivity index (χ0) is 23.7. The molecule has 34 heavy (non-hydrogen) atoms. The summed E-state index contributed by atoms with van der Waals surface area (Å²) < 4.78 is 31.5. The van der Waals surface area contributed by atoms with Crippen LogP contribution in [-0.2, 0) is 12.1 Å². The first-order valence-electron chi connectivity index (χ1n) is 10.9. The topological polar surface area (TPSA) is 79.8 Å². The second-order valence-corrected chi connectivity index (χ2v) is 9.56. The molecular weight excluding hydrogens is 457 g/mol. The van der Waals surface area contributed by atoms with Gasteiger partial charge in [-0.15, -0.1) is 5.10 Å². The molecule has 1 aliphatic carbocycles. The SMILES string of the molecule is CN(C)SNc1cccc(CN2C(=O)Oc3cc(Oc4cccnn4)ccc3C23CCC3)c1F. The summed E-state index contributed by atoms with van der Waals surface area (Å²) in [6.45, 7) is 0.115. The molecule has 0 atom stereocenters. The van der Waals surface area contributed by atoms with Crippen molar-refractivity contribution in [2.75, 3.05) is 18.8 Å². The number of benzene rings is 2. The Hall–Kier alpha value is -3.37. The highest BCUT2D eigenvalue weighted by Gasteiger charge is 2.51. The first-order valence-corrected chi connectivity index (χ1v) is 11.7. The van der Waals surface area contributed by atoms with Crippen molar-refractivity contribution in [1.29, 1.82) is 0 Å². The lowest BCUT2D eigenvalue weighted by molar-refractivity contribution is 0.00114. The van der Waals surface area contributed by atoms with Gasteiger partial charge in [0.05, 0.1) is 17.8 Å². The van der Waals surface area contributed by atoms with E-state index in [0.29, 0.717) is 28.6 Å². The maximum Gasteiger partial charge on any atom is 0.416 e. The zero-order valence-electron chi connectivity index (χ0n) is 18.8. The van der Waals surface area contributed by atoms with Crippen LogP contribution in [0.1, 0.15) is 30.4 Å². The number of carbonyl (C=O) groups is 1. The van der Waals surface area contributed by atoms with Gasteiger partial charge in [-0.3, -0.25) is 4.90 Å². The van der Waals surface area contributed by atoms with Crippen molar-refractivity contribution in [3.8, 4) is 17.4 Å². The number of amides is 1. The lowest BCUT2D eigenvalue weighted by atomic mass is 9.69. The number of halogens is 1. The van der Waals surface area contributed by atoms with Crippen LogP contribution in [0, 0.1) is 5.82 Å². The predicted molar refractivity (Wildman–Crippen MR) is 127 cm³/mol. The van der Waals surface area contributed by atoms with E-state index in [1.807, 2.05) is 30.5 Å². The molecule has 0 radical (unpaired) electrons. The van der Waals surface area contributed by atoms with E-state index >= 15 is 4.39 Å². The molecule has 1 spiro atoms. The molecule has 176 valence electrons. The highest BCUT2D eigenvalue weighted by Crippen LogP contribution is 2.53. The Kier molecular flexibility index (Phi) is 6.01. The summed E-state index contributed by atoms with van der Waals surface area (Å²) in [5.41, 5.74) is 1.18. The van der Waals surface area contributed by atoms with E-state index in [9.17, 15) is 4.79 Å². The number of hydrogen-bond acceptors (Lipinski definition) is 8. The van der Waals surface area contributed by atoms with Gasteiger partial charge in [0, 0.05) is 41.6 Å². The molecule has 0 bridgehead atoms. The second kappa shape index (κ2) is 9.11. The number of ether oxygens (including phenoxy) is 2. The van der Waals surface area contributed by atoms with E-state index in [-0.39, 0.29) is 12.4 Å². The summed E-state index contributed by atoms with van der Waals surface area (Å²) in [4.78, 5) is 14.8. The minimum Gasteiger partial charge on any atom is -0.437 e. The van der Waals surface area contributed by atoms with Crippen LogP contribution in [0.15, 0.2) is 54.7 Å². The number of rotatable bonds is 7. The average molecular weight is 482 g/mol. The standard InChI is InChI=1S/C24H24FN5O3S/c1-29(2)34-28-19-7-3-6-16(22(19)25)15-30-23(31)33-20-14-17(32-21-8-4-13-26-27-21)9-10-18(20)24(30)11-5-12-24/h3-4,6-10,13-14,28H,5,11-12,15H2,1-2H3. The van der Waals surface area contributed by atoms with Crippen molar-refractivity contribution >= 4 is 23.9 Å². The van der Waals surface area contributed by atoms with Gasteiger partial charge in [0.1, 0.15) is 11.5 Å². The number of anilines is 1. The Morgan fingerprint density at radius 3 is 2.79 bits per heavy atom. The quantitative estimate of drug-likeness (QED) is 0.453. The molecular formula is C24H24FN5O3S. The van der Waals surface area contributed by atoms with Crippen LogP contribution in [0.25, 0.3) is 0 Å². The Labute approximate surface area is 201 Å². The van der Waals surface area contributed by atoms with Crippen molar-refractivity contribution in [1.82, 2.24) is 19.4 Å². The molecule has 2 heterocycles. The van der Waals surface area contributed by atoms with E-state index in [2.05, 4.69) is 14.9 Å². The third-order valence-electron chi connectivity index (χ3n) is 6.09. The molecule has 1 fully saturated rings. The molecule has 1 aromatic heterocycles. The molecule has 1 saturated carbocycles. The van der Waals surface area contributed by atoms with E-state index in [1.165, 1.54) is 12.1 Å². The summed E-state index contributed by atoms with van der Waals surface area (Å²) in [6.07, 6.45) is 3.62. The number of carbonyl (C=O) groups excluding carboxylic acids is 1. The summed E-state index contributed by atoms with van der Waals surface area (Å²) in [7, 11) is 3.73. The molecule has 1 N–H and O–H groups in total. The monoisotopic (exact) mass is 481 g/mol. The van der Waals surface area contributed by atoms with Gasteiger partial charge in [-0.05, 0) is 57.6 Å². The maximum atomic E-state index is 15.2. The molecule has 1 amide bonds. The molecule has 8 nitrogen and oxygen atoms in total. The fourth-order valence-electron chi connectivity index (χ4n) is 4.33. The summed E-state index contributed by atoms with van der Waals surface area (Å²) in [6, 6.07) is 14.0. The normalized spacial score (nSPS) is 16.1. The minimum absolute atomic E-state index is 0.115. The van der Waals surface area contributed by atoms with E-state index in [1.54, 1.807) is 47.5 Å². The van der Waals surface area contributed by atoms with Crippen LogP contribution in [-0.4, -0.2) is 39.6 Å². The van der Waals surface area contributed by atoms with Crippen LogP contribution in [0.4, 0.5) is 14.9 Å². The van der Waals surface area contributed by atoms with Gasteiger partial charge in [-0.2, -0.15) is 5.10 Å². The first kappa shape index (κ1) is 22.4. The Balaban J connectivity index is 1.42. The number of nitrogens with one attached hydrogen (secondary N) is 1. The number of nitrogens with zero attached hydrogens (tertiary/aromatic N) is 4. The predicted octanol–water partition coefficient (Wildman–Crippen LogP) is 5.34. The number of hydrogen-bond donors (Lipinski definition) is 1. The maximum absolute atomic E-state index is 15.2. The van der Waals surface area contributed by atoms with Gasteiger partial charge in [-0.25, -0.2) is 13.5 Å². The van der Waals surface area contributed by atoms with Gasteiger partial charge in [0.25, 0.3) is 0 Å². The van der Waals surface area contributed by atoms with Crippen molar-refractivity contribution < 1.29 is 18.7 Å². The van der Waals surface area contributed by atoms with E-state index < -0.39 is 11.6 Å². The Morgan fingerprint density at radius 1 is 1.24 bits per heavy atom. The summed E-state index contributed by atoms with van der Waals surface area (Å²) >= 11 is 1.28. The average Bonchev–Trinajstić information content (AvgIpc) is 2.79. The van der Waals surface area contributed by atoms with Crippen LogP contribution < -0.4 is 14.2 Å². The number of fused-ring (bicyclic) bond motifs is 2. The molecule has 5 rings (SSSR count). The van der Waals surface area contributed by atoms with Crippen molar-refractivity contribution in [3.63, 3.8) is 0 Å². The highest BCUT2D eigenvalue weighted by atomic mass is 32.2. The molecule has 3 aromatic rings. The third kappa shape index (κ3) is 4.14. The Bertz CT molecular complexity index is 1210. The molecule has 2 aromatic carbocycles. The third-order valence-corrected chi connectivity index (χ3v) is 6.76. The van der Waals surface area contributed by atoms with Crippen LogP contribution >= 0.6 is 12.1 Å². The van der Waals surface area contributed by atoms with Gasteiger partial charge in [0.15, 0.2) is 5.82 Å². The first-order chi connectivity index (χ1) is 16.5. The van der Waals surface area contributed by atoms with Gasteiger partial charge in [0.2, 0.25) is 5.88 Å². The summed E-state index contributed by atoms with van der Waals surface area (Å²) in [5, 5.41) is 7.72. The van der Waals surface area contributed by atoms with Crippen molar-refractivity contribution in [2.24, 2.45) is 0 Å². The van der Waals surface area contributed by atoms with E-state index in [0.717, 1.165) is 24.8 Å². The fourth-order valence-corrected chi connectivity index (χ4v) is 4.76. The smallest absolute Gasteiger partial charge is 0.416 e. The number of aromatic nitrogens is 2. The van der Waals surface area contributed by atoms with Crippen LogP contribution in [0.2, 0.25) is 0 Å². The van der Waals surface area contributed by atoms with Gasteiger partial charge < -0.3 is 14.2 Å². The second-order valence-electron chi connectivity index (χ2n) is 8.45. The Morgan fingerprint density at radius 2 is 2.09 bits per heavy atom. The lowest BCUT2D eigenvalue weighted by Crippen LogP contribution is -2.57. The summed E-state index contributed by atoms with van der Waals surface area (Å²) in [5.74, 6) is 0.928. The zero-order valence-corrected chi connectivity index (χ0v) is 19.6. The van der Waals surface area contributed by atoms with Crippen molar-refractivity contribution in [2.45, 2.75) is 31.3 Å². The molecule has 1 aliphatic heterocycles.